The molecule has 1 saturated heterocycles. The molecule has 2 heterocycles. The van der Waals surface area contributed by atoms with Crippen LogP contribution in [0.5, 0.6) is 5.75 Å². The van der Waals surface area contributed by atoms with E-state index < -0.39 is 0 Å². The third kappa shape index (κ3) is 3.89. The van der Waals surface area contributed by atoms with Crippen LogP contribution >= 0.6 is 0 Å². The normalized spacial score (nSPS) is 16.4. The van der Waals surface area contributed by atoms with Gasteiger partial charge < -0.3 is 9.64 Å². The van der Waals surface area contributed by atoms with Gasteiger partial charge in [0.2, 0.25) is 5.95 Å². The Kier molecular flexibility index (Phi) is 4.68. The average Bonchev–Trinajstić information content (AvgIpc) is 2.40. The standard InChI is InChI=1S/C13H20N4O2/c1-3-19-12-8-14-13(15-9-12)17-6-4-16(5-7-17)10-11(2)18/h8-9H,3-7,10H2,1-2H3. The van der Waals surface area contributed by atoms with Gasteiger partial charge >= 0.3 is 0 Å². The number of hydrogen-bond donors (Lipinski definition) is 0. The molecule has 0 N–H and O–H groups in total. The maximum Gasteiger partial charge on any atom is 0.225 e. The third-order valence-corrected chi connectivity index (χ3v) is 3.03. The molecule has 0 aromatic carbocycles. The summed E-state index contributed by atoms with van der Waals surface area (Å²) in [5.41, 5.74) is 0. The molecule has 2 rings (SSSR count). The number of Topliss-reactive ketones (excluding diaryl/α,β-unsaturated/α-hetero) is 1. The molecular weight excluding hydrogens is 244 g/mol. The van der Waals surface area contributed by atoms with Crippen molar-refractivity contribution in [3.8, 4) is 5.75 Å². The van der Waals surface area contributed by atoms with Crippen molar-refractivity contribution in [3.63, 3.8) is 0 Å². The number of anilines is 1. The van der Waals surface area contributed by atoms with Gasteiger partial charge in [-0.25, -0.2) is 9.97 Å². The first-order valence-electron chi connectivity index (χ1n) is 6.60. The number of ether oxygens (including phenoxy) is 1. The summed E-state index contributed by atoms with van der Waals surface area (Å²) in [7, 11) is 0. The Morgan fingerprint density at radius 2 is 1.89 bits per heavy atom. The van der Waals surface area contributed by atoms with Crippen molar-refractivity contribution < 1.29 is 9.53 Å². The predicted molar refractivity (Wildman–Crippen MR) is 72.5 cm³/mol. The smallest absolute Gasteiger partial charge is 0.225 e. The average molecular weight is 264 g/mol. The second kappa shape index (κ2) is 6.47. The van der Waals surface area contributed by atoms with Crippen molar-refractivity contribution in [2.45, 2.75) is 13.8 Å². The Morgan fingerprint density at radius 3 is 2.42 bits per heavy atom. The van der Waals surface area contributed by atoms with Crippen molar-refractivity contribution in [2.75, 3.05) is 44.2 Å². The van der Waals surface area contributed by atoms with Crippen molar-refractivity contribution in [1.29, 1.82) is 0 Å². The van der Waals surface area contributed by atoms with Crippen LogP contribution in [0.3, 0.4) is 0 Å². The highest BCUT2D eigenvalue weighted by molar-refractivity contribution is 5.77. The van der Waals surface area contributed by atoms with Crippen LogP contribution in [-0.4, -0.2) is 60.0 Å². The highest BCUT2D eigenvalue weighted by Gasteiger charge is 2.19. The number of rotatable bonds is 5. The fourth-order valence-electron chi connectivity index (χ4n) is 2.13. The molecule has 1 fully saturated rings. The number of aromatic nitrogens is 2. The molecule has 1 aromatic rings. The number of carbonyl (C=O) groups is 1. The molecule has 0 bridgehead atoms. The van der Waals surface area contributed by atoms with Gasteiger partial charge in [0.1, 0.15) is 5.78 Å². The van der Waals surface area contributed by atoms with Crippen LogP contribution in [0.1, 0.15) is 13.8 Å². The molecule has 19 heavy (non-hydrogen) atoms. The van der Waals surface area contributed by atoms with Crippen molar-refractivity contribution in [3.05, 3.63) is 12.4 Å². The molecular formula is C13H20N4O2. The molecule has 0 unspecified atom stereocenters. The lowest BCUT2D eigenvalue weighted by Gasteiger charge is -2.34. The highest BCUT2D eigenvalue weighted by Crippen LogP contribution is 2.13. The lowest BCUT2D eigenvalue weighted by Crippen LogP contribution is -2.48. The van der Waals surface area contributed by atoms with Crippen molar-refractivity contribution in [2.24, 2.45) is 0 Å². The maximum atomic E-state index is 11.1. The quantitative estimate of drug-likeness (QED) is 0.775. The summed E-state index contributed by atoms with van der Waals surface area (Å²) in [5, 5.41) is 0. The minimum absolute atomic E-state index is 0.214. The summed E-state index contributed by atoms with van der Waals surface area (Å²) in [5.74, 6) is 1.64. The van der Waals surface area contributed by atoms with E-state index in [2.05, 4.69) is 19.8 Å². The van der Waals surface area contributed by atoms with Gasteiger partial charge in [-0.1, -0.05) is 0 Å². The summed E-state index contributed by atoms with van der Waals surface area (Å²) in [4.78, 5) is 24.0. The first kappa shape index (κ1) is 13.7. The molecule has 0 atom stereocenters. The Labute approximate surface area is 113 Å². The number of ketones is 1. The first-order valence-corrected chi connectivity index (χ1v) is 6.60. The van der Waals surface area contributed by atoms with E-state index in [1.807, 2.05) is 6.92 Å². The minimum atomic E-state index is 0.214. The van der Waals surface area contributed by atoms with E-state index >= 15 is 0 Å². The molecule has 1 aliphatic rings. The Bertz CT molecular complexity index is 413. The summed E-state index contributed by atoms with van der Waals surface area (Å²) in [6.07, 6.45) is 3.40. The third-order valence-electron chi connectivity index (χ3n) is 3.03. The Morgan fingerprint density at radius 1 is 1.26 bits per heavy atom. The van der Waals surface area contributed by atoms with Crippen LogP contribution in [0.25, 0.3) is 0 Å². The van der Waals surface area contributed by atoms with Gasteiger partial charge in [-0.05, 0) is 13.8 Å². The molecule has 1 aromatic heterocycles. The van der Waals surface area contributed by atoms with Gasteiger partial charge in [0.25, 0.3) is 0 Å². The molecule has 0 spiro atoms. The van der Waals surface area contributed by atoms with E-state index in [-0.39, 0.29) is 5.78 Å². The lowest BCUT2D eigenvalue weighted by molar-refractivity contribution is -0.118. The fraction of sp³-hybridized carbons (Fsp3) is 0.615. The van der Waals surface area contributed by atoms with Gasteiger partial charge in [0.15, 0.2) is 5.75 Å². The molecule has 6 heteroatoms. The largest absolute Gasteiger partial charge is 0.491 e. The molecule has 0 amide bonds. The number of nitrogens with zero attached hydrogens (tertiary/aromatic N) is 4. The van der Waals surface area contributed by atoms with Crippen LogP contribution < -0.4 is 9.64 Å². The molecule has 1 aliphatic heterocycles. The van der Waals surface area contributed by atoms with E-state index in [1.165, 1.54) is 0 Å². The van der Waals surface area contributed by atoms with Gasteiger partial charge in [0, 0.05) is 26.2 Å². The van der Waals surface area contributed by atoms with E-state index in [0.717, 1.165) is 32.1 Å². The van der Waals surface area contributed by atoms with E-state index in [4.69, 9.17) is 4.74 Å². The minimum Gasteiger partial charge on any atom is -0.491 e. The second-order valence-corrected chi connectivity index (χ2v) is 4.62. The van der Waals surface area contributed by atoms with Gasteiger partial charge in [-0.3, -0.25) is 9.69 Å². The van der Waals surface area contributed by atoms with E-state index in [9.17, 15) is 4.79 Å². The van der Waals surface area contributed by atoms with Crippen LogP contribution in [0.2, 0.25) is 0 Å². The summed E-state index contributed by atoms with van der Waals surface area (Å²) in [6, 6.07) is 0. The summed E-state index contributed by atoms with van der Waals surface area (Å²) < 4.78 is 5.32. The Balaban J connectivity index is 1.88. The zero-order chi connectivity index (χ0) is 13.7. The van der Waals surface area contributed by atoms with Gasteiger partial charge in [0.05, 0.1) is 25.5 Å². The summed E-state index contributed by atoms with van der Waals surface area (Å²) in [6.45, 7) is 8.16. The molecule has 6 nitrogen and oxygen atoms in total. The zero-order valence-corrected chi connectivity index (χ0v) is 11.5. The number of piperazine rings is 1. The predicted octanol–water partition coefficient (Wildman–Crippen LogP) is 0.586. The highest BCUT2D eigenvalue weighted by atomic mass is 16.5. The van der Waals surface area contributed by atoms with E-state index in [0.29, 0.717) is 18.9 Å². The molecule has 0 aliphatic carbocycles. The number of hydrogen-bond acceptors (Lipinski definition) is 6. The topological polar surface area (TPSA) is 58.6 Å². The second-order valence-electron chi connectivity index (χ2n) is 4.62. The van der Waals surface area contributed by atoms with Gasteiger partial charge in [-0.15, -0.1) is 0 Å². The van der Waals surface area contributed by atoms with E-state index in [1.54, 1.807) is 19.3 Å². The van der Waals surface area contributed by atoms with Gasteiger partial charge in [-0.2, -0.15) is 0 Å². The lowest BCUT2D eigenvalue weighted by atomic mass is 10.3. The van der Waals surface area contributed by atoms with Crippen LogP contribution in [-0.2, 0) is 4.79 Å². The SMILES string of the molecule is CCOc1cnc(N2CCN(CC(C)=O)CC2)nc1. The van der Waals surface area contributed by atoms with Crippen molar-refractivity contribution in [1.82, 2.24) is 14.9 Å². The monoisotopic (exact) mass is 264 g/mol. The van der Waals surface area contributed by atoms with Crippen LogP contribution in [0, 0.1) is 0 Å². The van der Waals surface area contributed by atoms with Crippen molar-refractivity contribution >= 4 is 11.7 Å². The molecule has 104 valence electrons. The molecule has 0 saturated carbocycles. The zero-order valence-electron chi connectivity index (χ0n) is 11.5. The first-order chi connectivity index (χ1) is 9.19. The van der Waals surface area contributed by atoms with Crippen LogP contribution in [0.4, 0.5) is 5.95 Å². The van der Waals surface area contributed by atoms with Crippen LogP contribution in [0.15, 0.2) is 12.4 Å². The number of carbonyl (C=O) groups excluding carboxylic acids is 1. The Hall–Kier alpha value is -1.69. The summed E-state index contributed by atoms with van der Waals surface area (Å²) >= 11 is 0. The maximum absolute atomic E-state index is 11.1. The fourth-order valence-corrected chi connectivity index (χ4v) is 2.13. The molecule has 0 radical (unpaired) electrons.